The molecule has 0 bridgehead atoms. The van der Waals surface area contributed by atoms with Crippen LogP contribution >= 0.6 is 27.5 Å². The molecule has 0 atom stereocenters. The van der Waals surface area contributed by atoms with Gasteiger partial charge in [0.25, 0.3) is 11.8 Å². The molecule has 0 fully saturated rings. The summed E-state index contributed by atoms with van der Waals surface area (Å²) in [4.78, 5) is 24.7. The van der Waals surface area contributed by atoms with E-state index in [0.29, 0.717) is 37.9 Å². The summed E-state index contributed by atoms with van der Waals surface area (Å²) >= 11 is 9.24. The van der Waals surface area contributed by atoms with Crippen molar-refractivity contribution in [2.75, 3.05) is 24.4 Å². The number of hydrogen-bond donors (Lipinski definition) is 2. The van der Waals surface area contributed by atoms with Crippen LogP contribution in [-0.4, -0.2) is 25.5 Å². The Morgan fingerprint density at radius 1 is 1.06 bits per heavy atom. The van der Waals surface area contributed by atoms with Gasteiger partial charge in [-0.1, -0.05) is 29.8 Å². The van der Waals surface area contributed by atoms with Crippen molar-refractivity contribution in [2.45, 2.75) is 0 Å². The van der Waals surface area contributed by atoms with Gasteiger partial charge in [0.2, 0.25) is 0 Å². The van der Waals surface area contributed by atoms with Crippen LogP contribution in [0.25, 0.3) is 6.08 Å². The van der Waals surface area contributed by atoms with E-state index in [0.717, 1.165) is 0 Å². The highest BCUT2D eigenvalue weighted by atomic mass is 79.9. The number of carbonyl (C=O) groups is 2. The number of carbonyl (C=O) groups excluding carboxylic acids is 2. The van der Waals surface area contributed by atoms with Crippen molar-refractivity contribution in [2.24, 2.45) is 0 Å². The van der Waals surface area contributed by atoms with Crippen molar-refractivity contribution in [3.8, 4) is 17.6 Å². The van der Waals surface area contributed by atoms with Gasteiger partial charge >= 0.3 is 0 Å². The molecule has 0 aliphatic carbocycles. The Bertz CT molecular complexity index is 1270. The molecule has 2 amide bonds. The van der Waals surface area contributed by atoms with Crippen LogP contribution in [0.4, 0.5) is 11.4 Å². The SMILES string of the molecule is COc1ccccc1NC(=O)COc1ccc(/C=C(/C#N)C(=O)Nc2ccc(Cl)cc2)cc1Br. The van der Waals surface area contributed by atoms with Gasteiger partial charge < -0.3 is 20.1 Å². The third-order valence-corrected chi connectivity index (χ3v) is 5.35. The molecule has 3 aromatic rings. The number of nitriles is 1. The van der Waals surface area contributed by atoms with Gasteiger partial charge in [0.15, 0.2) is 6.61 Å². The molecule has 7 nitrogen and oxygen atoms in total. The molecule has 0 saturated carbocycles. The molecule has 0 unspecified atom stereocenters. The molecular formula is C25H19BrClN3O4. The highest BCUT2D eigenvalue weighted by Crippen LogP contribution is 2.28. The lowest BCUT2D eigenvalue weighted by molar-refractivity contribution is -0.118. The lowest BCUT2D eigenvalue weighted by atomic mass is 10.1. The molecule has 0 spiro atoms. The van der Waals surface area contributed by atoms with E-state index in [4.69, 9.17) is 21.1 Å². The van der Waals surface area contributed by atoms with Crippen molar-refractivity contribution in [1.29, 1.82) is 5.26 Å². The average Bonchev–Trinajstić information content (AvgIpc) is 2.83. The summed E-state index contributed by atoms with van der Waals surface area (Å²) in [5.74, 6) is 0.0679. The fourth-order valence-electron chi connectivity index (χ4n) is 2.85. The monoisotopic (exact) mass is 539 g/mol. The van der Waals surface area contributed by atoms with Gasteiger partial charge in [0.1, 0.15) is 23.1 Å². The molecule has 0 saturated heterocycles. The van der Waals surface area contributed by atoms with Crippen LogP contribution in [0.5, 0.6) is 11.5 Å². The Morgan fingerprint density at radius 2 is 1.79 bits per heavy atom. The maximum atomic E-state index is 12.4. The summed E-state index contributed by atoms with van der Waals surface area (Å²) in [6.45, 7) is -0.223. The largest absolute Gasteiger partial charge is 0.495 e. The van der Waals surface area contributed by atoms with Gasteiger partial charge in [-0.05, 0) is 76.1 Å². The average molecular weight is 541 g/mol. The second-order valence-corrected chi connectivity index (χ2v) is 8.15. The normalized spacial score (nSPS) is 10.7. The molecule has 0 aromatic heterocycles. The van der Waals surface area contributed by atoms with Crippen LogP contribution < -0.4 is 20.1 Å². The number of hydrogen-bond acceptors (Lipinski definition) is 5. The number of nitrogens with zero attached hydrogens (tertiary/aromatic N) is 1. The Kier molecular flexibility index (Phi) is 8.68. The molecule has 9 heteroatoms. The number of para-hydroxylation sites is 2. The van der Waals surface area contributed by atoms with Crippen molar-refractivity contribution in [3.05, 3.63) is 87.4 Å². The van der Waals surface area contributed by atoms with E-state index in [-0.39, 0.29) is 18.1 Å². The van der Waals surface area contributed by atoms with E-state index >= 15 is 0 Å². The van der Waals surface area contributed by atoms with Gasteiger partial charge in [-0.3, -0.25) is 9.59 Å². The standard InChI is InChI=1S/C25H19BrClN3O4/c1-33-23-5-3-2-4-21(23)30-24(31)15-34-22-11-6-16(13-20(22)26)12-17(14-28)25(32)29-19-9-7-18(27)8-10-19/h2-13H,15H2,1H3,(H,29,32)(H,30,31)/b17-12-. The second-order valence-electron chi connectivity index (χ2n) is 6.86. The maximum Gasteiger partial charge on any atom is 0.266 e. The zero-order chi connectivity index (χ0) is 24.5. The summed E-state index contributed by atoms with van der Waals surface area (Å²) in [6, 6.07) is 20.5. The van der Waals surface area contributed by atoms with E-state index in [1.807, 2.05) is 6.07 Å². The first-order valence-electron chi connectivity index (χ1n) is 9.93. The van der Waals surface area contributed by atoms with Crippen molar-refractivity contribution >= 4 is 56.8 Å². The van der Waals surface area contributed by atoms with Gasteiger partial charge in [-0.15, -0.1) is 0 Å². The predicted octanol–water partition coefficient (Wildman–Crippen LogP) is 5.67. The summed E-state index contributed by atoms with van der Waals surface area (Å²) < 4.78 is 11.4. The molecule has 3 rings (SSSR count). The van der Waals surface area contributed by atoms with Gasteiger partial charge in [0.05, 0.1) is 17.3 Å². The van der Waals surface area contributed by atoms with Crippen molar-refractivity contribution in [1.82, 2.24) is 0 Å². The number of halogens is 2. The van der Waals surface area contributed by atoms with E-state index < -0.39 is 5.91 Å². The molecule has 172 valence electrons. The van der Waals surface area contributed by atoms with Crippen LogP contribution in [-0.2, 0) is 9.59 Å². The van der Waals surface area contributed by atoms with Crippen LogP contribution in [0.15, 0.2) is 76.8 Å². The summed E-state index contributed by atoms with van der Waals surface area (Å²) in [6.07, 6.45) is 1.45. The maximum absolute atomic E-state index is 12.4. The number of rotatable bonds is 8. The summed E-state index contributed by atoms with van der Waals surface area (Å²) in [5, 5.41) is 15.3. The molecular weight excluding hydrogens is 522 g/mol. The zero-order valence-electron chi connectivity index (χ0n) is 18.0. The molecule has 3 aromatic carbocycles. The minimum atomic E-state index is -0.547. The third-order valence-electron chi connectivity index (χ3n) is 4.47. The smallest absolute Gasteiger partial charge is 0.266 e. The summed E-state index contributed by atoms with van der Waals surface area (Å²) in [5.41, 5.74) is 1.58. The van der Waals surface area contributed by atoms with Crippen LogP contribution in [0.3, 0.4) is 0 Å². The molecule has 2 N–H and O–H groups in total. The lowest BCUT2D eigenvalue weighted by Crippen LogP contribution is -2.20. The molecule has 0 aliphatic rings. The minimum absolute atomic E-state index is 0.0771. The Hall–Kier alpha value is -3.80. The highest BCUT2D eigenvalue weighted by Gasteiger charge is 2.12. The number of amides is 2. The van der Waals surface area contributed by atoms with E-state index in [1.54, 1.807) is 66.7 Å². The first-order chi connectivity index (χ1) is 16.4. The topological polar surface area (TPSA) is 100 Å². The number of nitrogens with one attached hydrogen (secondary N) is 2. The Labute approximate surface area is 210 Å². The first-order valence-corrected chi connectivity index (χ1v) is 11.1. The molecule has 0 radical (unpaired) electrons. The first kappa shape index (κ1) is 24.8. The fourth-order valence-corrected chi connectivity index (χ4v) is 3.49. The van der Waals surface area contributed by atoms with Crippen molar-refractivity contribution < 1.29 is 19.1 Å². The van der Waals surface area contributed by atoms with E-state index in [1.165, 1.54) is 13.2 Å². The van der Waals surface area contributed by atoms with Crippen molar-refractivity contribution in [3.63, 3.8) is 0 Å². The summed E-state index contributed by atoms with van der Waals surface area (Å²) in [7, 11) is 1.52. The highest BCUT2D eigenvalue weighted by molar-refractivity contribution is 9.10. The fraction of sp³-hybridized carbons (Fsp3) is 0.0800. The van der Waals surface area contributed by atoms with E-state index in [2.05, 4.69) is 26.6 Å². The molecule has 0 aliphatic heterocycles. The number of methoxy groups -OCH3 is 1. The van der Waals surface area contributed by atoms with Gasteiger partial charge in [0, 0.05) is 10.7 Å². The molecule has 34 heavy (non-hydrogen) atoms. The number of anilines is 2. The Morgan fingerprint density at radius 3 is 2.47 bits per heavy atom. The van der Waals surface area contributed by atoms with Crippen LogP contribution in [0, 0.1) is 11.3 Å². The van der Waals surface area contributed by atoms with Crippen LogP contribution in [0.2, 0.25) is 5.02 Å². The number of ether oxygens (including phenoxy) is 2. The minimum Gasteiger partial charge on any atom is -0.495 e. The lowest BCUT2D eigenvalue weighted by Gasteiger charge is -2.11. The van der Waals surface area contributed by atoms with Crippen LogP contribution in [0.1, 0.15) is 5.56 Å². The van der Waals surface area contributed by atoms with E-state index in [9.17, 15) is 14.9 Å². The van der Waals surface area contributed by atoms with Gasteiger partial charge in [-0.2, -0.15) is 5.26 Å². The third kappa shape index (κ3) is 6.85. The second kappa shape index (κ2) is 11.9. The zero-order valence-corrected chi connectivity index (χ0v) is 20.3. The number of benzene rings is 3. The van der Waals surface area contributed by atoms with Gasteiger partial charge in [-0.25, -0.2) is 0 Å². The predicted molar refractivity (Wildman–Crippen MR) is 135 cm³/mol. The quantitative estimate of drug-likeness (QED) is 0.283. The Balaban J connectivity index is 1.63. The molecule has 0 heterocycles.